The molecule has 26 heavy (non-hydrogen) atoms. The standard InChI is InChI=1S/C18H20BrFN6/c1-21-18(22-9-4-5-13-7-8-14(19)11-15(13)20)23-12-17-25-24-16-6-2-3-10-26(16)17/h2-3,6-8,10-11H,4-5,9,12H2,1H3,(H2,21,22,23). The van der Waals surface area contributed by atoms with Crippen molar-refractivity contribution in [1.29, 1.82) is 0 Å². The van der Waals surface area contributed by atoms with E-state index in [1.165, 1.54) is 6.07 Å². The Morgan fingerprint density at radius 3 is 2.92 bits per heavy atom. The van der Waals surface area contributed by atoms with Gasteiger partial charge in [-0.2, -0.15) is 0 Å². The minimum Gasteiger partial charge on any atom is -0.356 e. The van der Waals surface area contributed by atoms with Crippen LogP contribution in [-0.4, -0.2) is 34.2 Å². The number of pyridine rings is 1. The molecule has 1 aromatic carbocycles. The number of hydrogen-bond donors (Lipinski definition) is 2. The van der Waals surface area contributed by atoms with Gasteiger partial charge in [0.2, 0.25) is 0 Å². The number of nitrogens with zero attached hydrogens (tertiary/aromatic N) is 4. The van der Waals surface area contributed by atoms with E-state index in [9.17, 15) is 4.39 Å². The molecule has 0 saturated carbocycles. The van der Waals surface area contributed by atoms with Crippen molar-refractivity contribution >= 4 is 27.5 Å². The number of aromatic nitrogens is 3. The van der Waals surface area contributed by atoms with Crippen molar-refractivity contribution in [2.75, 3.05) is 13.6 Å². The molecular formula is C18H20BrFN6. The Morgan fingerprint density at radius 2 is 2.12 bits per heavy atom. The van der Waals surface area contributed by atoms with Gasteiger partial charge >= 0.3 is 0 Å². The van der Waals surface area contributed by atoms with Gasteiger partial charge in [0.05, 0.1) is 6.54 Å². The van der Waals surface area contributed by atoms with E-state index in [2.05, 4.69) is 41.8 Å². The summed E-state index contributed by atoms with van der Waals surface area (Å²) in [7, 11) is 1.71. The highest BCUT2D eigenvalue weighted by Crippen LogP contribution is 2.16. The molecule has 0 bridgehead atoms. The van der Waals surface area contributed by atoms with E-state index < -0.39 is 0 Å². The van der Waals surface area contributed by atoms with Crippen LogP contribution in [0.5, 0.6) is 0 Å². The number of aliphatic imine (C=N–C) groups is 1. The van der Waals surface area contributed by atoms with Crippen LogP contribution in [0.15, 0.2) is 52.1 Å². The van der Waals surface area contributed by atoms with Crippen LogP contribution in [0, 0.1) is 5.82 Å². The second kappa shape index (κ2) is 8.75. The van der Waals surface area contributed by atoms with Gasteiger partial charge in [-0.25, -0.2) is 4.39 Å². The molecule has 0 aliphatic rings. The second-order valence-corrected chi connectivity index (χ2v) is 6.65. The highest BCUT2D eigenvalue weighted by molar-refractivity contribution is 9.10. The summed E-state index contributed by atoms with van der Waals surface area (Å²) in [5.74, 6) is 1.30. The maximum absolute atomic E-state index is 13.8. The molecule has 6 nitrogen and oxygen atoms in total. The molecule has 0 fully saturated rings. The van der Waals surface area contributed by atoms with Gasteiger partial charge in [-0.15, -0.1) is 10.2 Å². The van der Waals surface area contributed by atoms with Gasteiger partial charge in [0.1, 0.15) is 5.82 Å². The predicted octanol–water partition coefficient (Wildman–Crippen LogP) is 2.93. The zero-order valence-electron chi connectivity index (χ0n) is 14.4. The van der Waals surface area contributed by atoms with Crippen LogP contribution < -0.4 is 10.6 Å². The average molecular weight is 419 g/mol. The number of nitrogens with one attached hydrogen (secondary N) is 2. The third-order valence-electron chi connectivity index (χ3n) is 3.95. The number of guanidine groups is 1. The molecule has 2 aromatic heterocycles. The lowest BCUT2D eigenvalue weighted by atomic mass is 10.1. The topological polar surface area (TPSA) is 66.6 Å². The van der Waals surface area contributed by atoms with Crippen LogP contribution in [0.4, 0.5) is 4.39 Å². The minimum atomic E-state index is -0.180. The number of aryl methyl sites for hydroxylation is 1. The fraction of sp³-hybridized carbons (Fsp3) is 0.278. The van der Waals surface area contributed by atoms with Crippen molar-refractivity contribution in [3.8, 4) is 0 Å². The average Bonchev–Trinajstić information content (AvgIpc) is 3.06. The van der Waals surface area contributed by atoms with Gasteiger partial charge in [0.25, 0.3) is 0 Å². The number of hydrogen-bond acceptors (Lipinski definition) is 3. The maximum atomic E-state index is 13.8. The van der Waals surface area contributed by atoms with Crippen molar-refractivity contribution in [3.63, 3.8) is 0 Å². The molecule has 0 spiro atoms. The van der Waals surface area contributed by atoms with Gasteiger partial charge in [0.15, 0.2) is 17.4 Å². The fourth-order valence-electron chi connectivity index (χ4n) is 2.60. The van der Waals surface area contributed by atoms with Gasteiger partial charge < -0.3 is 10.6 Å². The number of rotatable bonds is 6. The minimum absolute atomic E-state index is 0.180. The summed E-state index contributed by atoms with van der Waals surface area (Å²) in [5, 5.41) is 14.7. The summed E-state index contributed by atoms with van der Waals surface area (Å²) >= 11 is 3.27. The third-order valence-corrected chi connectivity index (χ3v) is 4.45. The largest absolute Gasteiger partial charge is 0.356 e. The highest BCUT2D eigenvalue weighted by atomic mass is 79.9. The van der Waals surface area contributed by atoms with E-state index in [1.807, 2.05) is 40.9 Å². The first-order valence-electron chi connectivity index (χ1n) is 8.34. The molecule has 0 atom stereocenters. The van der Waals surface area contributed by atoms with Gasteiger partial charge in [-0.3, -0.25) is 9.39 Å². The zero-order chi connectivity index (χ0) is 18.4. The van der Waals surface area contributed by atoms with Crippen molar-refractivity contribution in [3.05, 3.63) is 64.3 Å². The molecule has 3 rings (SSSR count). The first-order chi connectivity index (χ1) is 12.7. The number of halogens is 2. The van der Waals surface area contributed by atoms with Crippen LogP contribution in [0.2, 0.25) is 0 Å². The summed E-state index contributed by atoms with van der Waals surface area (Å²) in [6.07, 6.45) is 3.39. The maximum Gasteiger partial charge on any atom is 0.191 e. The van der Waals surface area contributed by atoms with Crippen LogP contribution in [0.25, 0.3) is 5.65 Å². The lowest BCUT2D eigenvalue weighted by Gasteiger charge is -2.11. The SMILES string of the molecule is CN=C(NCCCc1ccc(Br)cc1F)NCc1nnc2ccccn12. The first-order valence-corrected chi connectivity index (χ1v) is 9.14. The van der Waals surface area contributed by atoms with E-state index in [0.29, 0.717) is 31.0 Å². The molecule has 8 heteroatoms. The molecular weight excluding hydrogens is 399 g/mol. The smallest absolute Gasteiger partial charge is 0.191 e. The van der Waals surface area contributed by atoms with Gasteiger partial charge in [-0.1, -0.05) is 28.1 Å². The Kier molecular flexibility index (Phi) is 6.17. The normalized spacial score (nSPS) is 11.7. The van der Waals surface area contributed by atoms with Crippen LogP contribution >= 0.6 is 15.9 Å². The molecule has 0 radical (unpaired) electrons. The summed E-state index contributed by atoms with van der Waals surface area (Å²) in [5.41, 5.74) is 1.52. The van der Waals surface area contributed by atoms with E-state index in [4.69, 9.17) is 0 Å². The lowest BCUT2D eigenvalue weighted by Crippen LogP contribution is -2.37. The van der Waals surface area contributed by atoms with Crippen molar-refractivity contribution in [2.24, 2.45) is 4.99 Å². The quantitative estimate of drug-likeness (QED) is 0.366. The molecule has 0 aliphatic heterocycles. The van der Waals surface area contributed by atoms with Crippen LogP contribution in [-0.2, 0) is 13.0 Å². The molecule has 0 saturated heterocycles. The Labute approximate surface area is 159 Å². The first kappa shape index (κ1) is 18.3. The summed E-state index contributed by atoms with van der Waals surface area (Å²) in [6.45, 7) is 1.20. The van der Waals surface area contributed by atoms with E-state index in [-0.39, 0.29) is 5.82 Å². The fourth-order valence-corrected chi connectivity index (χ4v) is 2.94. The second-order valence-electron chi connectivity index (χ2n) is 5.74. The van der Waals surface area contributed by atoms with Crippen LogP contribution in [0.1, 0.15) is 17.8 Å². The Balaban J connectivity index is 1.46. The summed E-state index contributed by atoms with van der Waals surface area (Å²) in [4.78, 5) is 4.20. The van der Waals surface area contributed by atoms with Crippen molar-refractivity contribution in [2.45, 2.75) is 19.4 Å². The van der Waals surface area contributed by atoms with Gasteiger partial charge in [0, 0.05) is 24.3 Å². The Hall–Kier alpha value is -2.48. The van der Waals surface area contributed by atoms with Gasteiger partial charge in [-0.05, 0) is 42.7 Å². The predicted molar refractivity (Wildman–Crippen MR) is 104 cm³/mol. The monoisotopic (exact) mass is 418 g/mol. The molecule has 2 N–H and O–H groups in total. The summed E-state index contributed by atoms with van der Waals surface area (Å²) < 4.78 is 16.5. The van der Waals surface area contributed by atoms with E-state index in [0.717, 1.165) is 22.4 Å². The molecule has 2 heterocycles. The molecule has 0 amide bonds. The summed E-state index contributed by atoms with van der Waals surface area (Å²) in [6, 6.07) is 10.9. The zero-order valence-corrected chi connectivity index (χ0v) is 16.0. The molecule has 0 unspecified atom stereocenters. The van der Waals surface area contributed by atoms with E-state index in [1.54, 1.807) is 7.05 Å². The molecule has 136 valence electrons. The highest BCUT2D eigenvalue weighted by Gasteiger charge is 2.06. The third kappa shape index (κ3) is 4.57. The molecule has 3 aromatic rings. The lowest BCUT2D eigenvalue weighted by molar-refractivity contribution is 0.601. The number of benzene rings is 1. The van der Waals surface area contributed by atoms with E-state index >= 15 is 0 Å². The number of fused-ring (bicyclic) bond motifs is 1. The Bertz CT molecular complexity index is 908. The van der Waals surface area contributed by atoms with Crippen LogP contribution in [0.3, 0.4) is 0 Å². The molecule has 0 aliphatic carbocycles. The Morgan fingerprint density at radius 1 is 1.23 bits per heavy atom. The van der Waals surface area contributed by atoms with Crippen molar-refractivity contribution in [1.82, 2.24) is 25.2 Å². The van der Waals surface area contributed by atoms with Crippen molar-refractivity contribution < 1.29 is 4.39 Å².